The molecule has 0 aliphatic rings. The van der Waals surface area contributed by atoms with Gasteiger partial charge in [0.1, 0.15) is 5.60 Å². The van der Waals surface area contributed by atoms with Gasteiger partial charge in [-0.05, 0) is 42.2 Å². The molecule has 1 rings (SSSR count). The van der Waals surface area contributed by atoms with Gasteiger partial charge < -0.3 is 10.4 Å². The van der Waals surface area contributed by atoms with E-state index in [1.54, 1.807) is 18.3 Å². The van der Waals surface area contributed by atoms with Gasteiger partial charge in [0.25, 0.3) is 0 Å². The Morgan fingerprint density at radius 3 is 2.53 bits per heavy atom. The Bertz CT molecular complexity index is 368. The maximum absolute atomic E-state index is 12.1. The lowest BCUT2D eigenvalue weighted by Crippen LogP contribution is -2.41. The van der Waals surface area contributed by atoms with Crippen LogP contribution in [0, 0.1) is 5.92 Å². The molecule has 0 saturated carbocycles. The highest BCUT2D eigenvalue weighted by atomic mass is 32.1. The fraction of sp³-hybridized carbons (Fsp3) is 0.667. The van der Waals surface area contributed by atoms with Crippen LogP contribution in [0.4, 0.5) is 0 Å². The molecule has 1 atom stereocenters. The van der Waals surface area contributed by atoms with Crippen LogP contribution in [0.2, 0.25) is 0 Å². The van der Waals surface area contributed by atoms with E-state index in [9.17, 15) is 9.90 Å². The van der Waals surface area contributed by atoms with Crippen LogP contribution in [0.3, 0.4) is 0 Å². The summed E-state index contributed by atoms with van der Waals surface area (Å²) in [6, 6.07) is 1.90. The van der Waals surface area contributed by atoms with Gasteiger partial charge in [0.05, 0.1) is 6.54 Å². The van der Waals surface area contributed by atoms with E-state index in [1.807, 2.05) is 16.8 Å². The molecule has 0 radical (unpaired) electrons. The predicted octanol–water partition coefficient (Wildman–Crippen LogP) is 3.29. The van der Waals surface area contributed by atoms with Crippen molar-refractivity contribution >= 4 is 17.2 Å². The zero-order valence-corrected chi connectivity index (χ0v) is 12.9. The number of rotatable bonds is 8. The molecular formula is C15H25NO2S. The Balaban J connectivity index is 2.52. The molecule has 3 nitrogen and oxygen atoms in total. The van der Waals surface area contributed by atoms with E-state index in [-0.39, 0.29) is 18.4 Å². The number of hydrogen-bond acceptors (Lipinski definition) is 3. The monoisotopic (exact) mass is 283 g/mol. The third kappa shape index (κ3) is 4.96. The predicted molar refractivity (Wildman–Crippen MR) is 80.2 cm³/mol. The molecule has 1 unspecified atom stereocenters. The van der Waals surface area contributed by atoms with E-state index in [0.717, 1.165) is 31.2 Å². The minimum Gasteiger partial charge on any atom is -0.384 e. The van der Waals surface area contributed by atoms with Crippen LogP contribution in [-0.4, -0.2) is 17.6 Å². The highest BCUT2D eigenvalue weighted by molar-refractivity contribution is 7.08. The molecule has 4 heteroatoms. The molecule has 108 valence electrons. The van der Waals surface area contributed by atoms with E-state index >= 15 is 0 Å². The molecule has 0 aliphatic heterocycles. The summed E-state index contributed by atoms with van der Waals surface area (Å²) in [4.78, 5) is 12.1. The molecule has 1 aromatic rings. The molecule has 0 aliphatic carbocycles. The van der Waals surface area contributed by atoms with E-state index in [2.05, 4.69) is 19.2 Å². The summed E-state index contributed by atoms with van der Waals surface area (Å²) in [7, 11) is 0. The van der Waals surface area contributed by atoms with Gasteiger partial charge in [0.15, 0.2) is 0 Å². The first-order valence-electron chi connectivity index (χ1n) is 7.04. The minimum absolute atomic E-state index is 0.0687. The first-order chi connectivity index (χ1) is 9.01. The summed E-state index contributed by atoms with van der Waals surface area (Å²) in [5.74, 6) is 0.146. The fourth-order valence-electron chi connectivity index (χ4n) is 2.18. The number of carbonyl (C=O) groups is 1. The molecule has 0 spiro atoms. The first-order valence-corrected chi connectivity index (χ1v) is 7.98. The molecular weight excluding hydrogens is 258 g/mol. The van der Waals surface area contributed by atoms with E-state index in [1.165, 1.54) is 0 Å². The smallest absolute Gasteiger partial charge is 0.223 e. The Morgan fingerprint density at radius 1 is 1.42 bits per heavy atom. The molecule has 1 aromatic heterocycles. The summed E-state index contributed by atoms with van der Waals surface area (Å²) >= 11 is 1.55. The lowest BCUT2D eigenvalue weighted by Gasteiger charge is -2.24. The summed E-state index contributed by atoms with van der Waals surface area (Å²) in [6.45, 7) is 6.20. The quantitative estimate of drug-likeness (QED) is 0.769. The highest BCUT2D eigenvalue weighted by Crippen LogP contribution is 2.22. The van der Waals surface area contributed by atoms with E-state index in [4.69, 9.17) is 0 Å². The first kappa shape index (κ1) is 16.2. The second-order valence-corrected chi connectivity index (χ2v) is 6.06. The van der Waals surface area contributed by atoms with Gasteiger partial charge in [-0.15, -0.1) is 0 Å². The largest absolute Gasteiger partial charge is 0.384 e. The second-order valence-electron chi connectivity index (χ2n) is 5.28. The zero-order valence-electron chi connectivity index (χ0n) is 12.1. The topological polar surface area (TPSA) is 49.3 Å². The van der Waals surface area contributed by atoms with Crippen molar-refractivity contribution < 1.29 is 9.90 Å². The molecule has 19 heavy (non-hydrogen) atoms. The maximum atomic E-state index is 12.1. The summed E-state index contributed by atoms with van der Waals surface area (Å²) < 4.78 is 0. The van der Waals surface area contributed by atoms with Crippen LogP contribution in [0.15, 0.2) is 16.8 Å². The number of hydrogen-bond donors (Lipinski definition) is 2. The van der Waals surface area contributed by atoms with Gasteiger partial charge in [-0.2, -0.15) is 11.3 Å². The number of thiophene rings is 1. The minimum atomic E-state index is -0.987. The van der Waals surface area contributed by atoms with Crippen LogP contribution in [0.25, 0.3) is 0 Å². The molecule has 2 N–H and O–H groups in total. The summed E-state index contributed by atoms with van der Waals surface area (Å²) in [6.07, 6.45) is 3.86. The van der Waals surface area contributed by atoms with E-state index < -0.39 is 5.60 Å². The van der Waals surface area contributed by atoms with Crippen molar-refractivity contribution in [2.75, 3.05) is 6.54 Å². The Kier molecular flexibility index (Phi) is 6.52. The molecule has 0 aromatic carbocycles. The average molecular weight is 283 g/mol. The number of carbonyl (C=O) groups excluding carboxylic acids is 1. The molecule has 1 heterocycles. The second kappa shape index (κ2) is 7.65. The van der Waals surface area contributed by atoms with Crippen molar-refractivity contribution in [1.82, 2.24) is 5.32 Å². The number of nitrogens with one attached hydrogen (secondary N) is 1. The van der Waals surface area contributed by atoms with Gasteiger partial charge in [-0.25, -0.2) is 0 Å². The summed E-state index contributed by atoms with van der Waals surface area (Å²) in [5, 5.41) is 17.1. The highest BCUT2D eigenvalue weighted by Gasteiger charge is 2.25. The van der Waals surface area contributed by atoms with Gasteiger partial charge in [0, 0.05) is 5.92 Å². The standard InChI is InChI=1S/C15H25NO2S/c1-4-6-12(7-5-2)14(17)16-11-15(3,18)13-8-9-19-10-13/h8-10,12,18H,4-7,11H2,1-3H3,(H,16,17). The van der Waals surface area contributed by atoms with Gasteiger partial charge in [-0.1, -0.05) is 26.7 Å². The summed E-state index contributed by atoms with van der Waals surface area (Å²) in [5.41, 5.74) is -0.126. The van der Waals surface area contributed by atoms with Gasteiger partial charge in [0.2, 0.25) is 5.91 Å². The van der Waals surface area contributed by atoms with Crippen LogP contribution in [0.5, 0.6) is 0 Å². The SMILES string of the molecule is CCCC(CCC)C(=O)NCC(C)(O)c1ccsc1. The van der Waals surface area contributed by atoms with Crippen molar-refractivity contribution in [1.29, 1.82) is 0 Å². The van der Waals surface area contributed by atoms with Crippen molar-refractivity contribution in [3.63, 3.8) is 0 Å². The van der Waals surface area contributed by atoms with Crippen LogP contribution >= 0.6 is 11.3 Å². The molecule has 0 fully saturated rings. The van der Waals surface area contributed by atoms with Gasteiger partial charge >= 0.3 is 0 Å². The third-order valence-electron chi connectivity index (χ3n) is 3.39. The molecule has 0 bridgehead atoms. The Labute approximate surface area is 120 Å². The van der Waals surface area contributed by atoms with Crippen molar-refractivity contribution in [3.05, 3.63) is 22.4 Å². The lowest BCUT2D eigenvalue weighted by atomic mass is 9.95. The van der Waals surface area contributed by atoms with E-state index in [0.29, 0.717) is 0 Å². The maximum Gasteiger partial charge on any atom is 0.223 e. The molecule has 1 amide bonds. The van der Waals surface area contributed by atoms with Crippen LogP contribution < -0.4 is 5.32 Å². The fourth-order valence-corrected chi connectivity index (χ4v) is 2.96. The van der Waals surface area contributed by atoms with Crippen molar-refractivity contribution in [2.24, 2.45) is 5.92 Å². The van der Waals surface area contributed by atoms with Crippen LogP contribution in [0.1, 0.15) is 52.0 Å². The van der Waals surface area contributed by atoms with Crippen LogP contribution in [-0.2, 0) is 10.4 Å². The zero-order chi connectivity index (χ0) is 14.3. The Hall–Kier alpha value is -0.870. The normalized spacial score (nSPS) is 14.4. The lowest BCUT2D eigenvalue weighted by molar-refractivity contribution is -0.126. The van der Waals surface area contributed by atoms with Crippen molar-refractivity contribution in [3.8, 4) is 0 Å². The van der Waals surface area contributed by atoms with Gasteiger partial charge in [-0.3, -0.25) is 4.79 Å². The molecule has 0 saturated heterocycles. The van der Waals surface area contributed by atoms with Crippen molar-refractivity contribution in [2.45, 2.75) is 52.1 Å². The number of amides is 1. The average Bonchev–Trinajstić information content (AvgIpc) is 2.90. The Morgan fingerprint density at radius 2 is 2.05 bits per heavy atom. The number of aliphatic hydroxyl groups is 1. The third-order valence-corrected chi connectivity index (χ3v) is 4.08.